The number of ketones is 1. The molecule has 0 heterocycles. The van der Waals surface area contributed by atoms with Crippen LogP contribution in [0.5, 0.6) is 0 Å². The molecular weight excluding hydrogens is 232 g/mol. The van der Waals surface area contributed by atoms with E-state index in [4.69, 9.17) is 4.74 Å². The minimum absolute atomic E-state index is 0.196. The molecule has 0 aliphatic carbocycles. The molecule has 94 valence electrons. The first-order chi connectivity index (χ1) is 8.15. The molecule has 0 aliphatic rings. The van der Waals surface area contributed by atoms with Crippen molar-refractivity contribution in [2.45, 2.75) is 19.8 Å². The number of thioether (sulfide) groups is 1. The summed E-state index contributed by atoms with van der Waals surface area (Å²) in [6, 6.07) is 7.93. The van der Waals surface area contributed by atoms with E-state index in [0.29, 0.717) is 18.3 Å². The van der Waals surface area contributed by atoms with Gasteiger partial charge in [0.1, 0.15) is 0 Å². The van der Waals surface area contributed by atoms with Gasteiger partial charge in [-0.05, 0) is 11.5 Å². The molecule has 2 nitrogen and oxygen atoms in total. The molecule has 0 N–H and O–H groups in total. The summed E-state index contributed by atoms with van der Waals surface area (Å²) in [5.74, 6) is 2.10. The topological polar surface area (TPSA) is 26.3 Å². The summed E-state index contributed by atoms with van der Waals surface area (Å²) in [6.07, 6.45) is 0. The van der Waals surface area contributed by atoms with Crippen LogP contribution >= 0.6 is 11.8 Å². The molecule has 17 heavy (non-hydrogen) atoms. The maximum absolute atomic E-state index is 11.8. The fourth-order valence-electron chi connectivity index (χ4n) is 1.44. The van der Waals surface area contributed by atoms with E-state index < -0.39 is 0 Å². The number of carbonyl (C=O) groups is 1. The van der Waals surface area contributed by atoms with E-state index in [-0.39, 0.29) is 5.78 Å². The third-order valence-corrected chi connectivity index (χ3v) is 3.49. The molecule has 1 aromatic rings. The highest BCUT2D eigenvalue weighted by Gasteiger charge is 2.06. The van der Waals surface area contributed by atoms with E-state index in [1.807, 2.05) is 24.3 Å². The van der Waals surface area contributed by atoms with Crippen molar-refractivity contribution in [3.63, 3.8) is 0 Å². The summed E-state index contributed by atoms with van der Waals surface area (Å²) in [5, 5.41) is 0. The van der Waals surface area contributed by atoms with E-state index >= 15 is 0 Å². The van der Waals surface area contributed by atoms with Crippen molar-refractivity contribution in [2.75, 3.05) is 25.2 Å². The zero-order valence-electron chi connectivity index (χ0n) is 10.7. The molecule has 0 aliphatic heterocycles. The number of ether oxygens (including phenoxy) is 1. The van der Waals surface area contributed by atoms with Gasteiger partial charge in [0.2, 0.25) is 0 Å². The molecule has 0 saturated carbocycles. The zero-order chi connectivity index (χ0) is 12.7. The van der Waals surface area contributed by atoms with Gasteiger partial charge in [0.25, 0.3) is 0 Å². The molecule has 0 saturated heterocycles. The second-order valence-corrected chi connectivity index (χ2v) is 5.35. The molecule has 0 unspecified atom stereocenters. The van der Waals surface area contributed by atoms with Crippen molar-refractivity contribution in [1.82, 2.24) is 0 Å². The smallest absolute Gasteiger partial charge is 0.172 e. The molecule has 1 aromatic carbocycles. The summed E-state index contributed by atoms with van der Waals surface area (Å²) < 4.78 is 4.94. The van der Waals surface area contributed by atoms with E-state index in [2.05, 4.69) is 13.8 Å². The van der Waals surface area contributed by atoms with Crippen LogP contribution in [0.25, 0.3) is 0 Å². The van der Waals surface area contributed by atoms with Gasteiger partial charge in [-0.3, -0.25) is 4.79 Å². The summed E-state index contributed by atoms with van der Waals surface area (Å²) in [6.45, 7) is 5.00. The van der Waals surface area contributed by atoms with Crippen molar-refractivity contribution < 1.29 is 9.53 Å². The lowest BCUT2D eigenvalue weighted by Gasteiger charge is -2.06. The van der Waals surface area contributed by atoms with Crippen molar-refractivity contribution in [3.05, 3.63) is 35.4 Å². The number of hydrogen-bond donors (Lipinski definition) is 0. The molecular formula is C14H20O2S. The quantitative estimate of drug-likeness (QED) is 0.550. The Bertz CT molecular complexity index is 344. The first-order valence-corrected chi connectivity index (χ1v) is 7.00. The average molecular weight is 252 g/mol. The number of methoxy groups -OCH3 is 1. The number of carbonyl (C=O) groups excluding carboxylic acids is 1. The second kappa shape index (κ2) is 7.51. The summed E-state index contributed by atoms with van der Waals surface area (Å²) in [7, 11) is 1.67. The van der Waals surface area contributed by atoms with Gasteiger partial charge in [-0.15, -0.1) is 0 Å². The van der Waals surface area contributed by atoms with E-state index in [1.54, 1.807) is 18.9 Å². The minimum Gasteiger partial charge on any atom is -0.384 e. The number of benzene rings is 1. The van der Waals surface area contributed by atoms with Crippen molar-refractivity contribution in [3.8, 4) is 0 Å². The van der Waals surface area contributed by atoms with Gasteiger partial charge >= 0.3 is 0 Å². The van der Waals surface area contributed by atoms with Gasteiger partial charge < -0.3 is 4.74 Å². The normalized spacial score (nSPS) is 10.8. The predicted molar refractivity (Wildman–Crippen MR) is 74.1 cm³/mol. The maximum atomic E-state index is 11.8. The zero-order valence-corrected chi connectivity index (χ0v) is 11.5. The van der Waals surface area contributed by atoms with Crippen LogP contribution in [0, 0.1) is 0 Å². The van der Waals surface area contributed by atoms with Crippen molar-refractivity contribution in [1.29, 1.82) is 0 Å². The van der Waals surface area contributed by atoms with Gasteiger partial charge in [0.05, 0.1) is 12.4 Å². The fraction of sp³-hybridized carbons (Fsp3) is 0.500. The van der Waals surface area contributed by atoms with Crippen LogP contribution in [0.3, 0.4) is 0 Å². The average Bonchev–Trinajstić information content (AvgIpc) is 2.34. The molecule has 0 spiro atoms. The van der Waals surface area contributed by atoms with Crippen LogP contribution < -0.4 is 0 Å². The molecule has 0 bridgehead atoms. The lowest BCUT2D eigenvalue weighted by molar-refractivity contribution is 0.102. The van der Waals surface area contributed by atoms with Gasteiger partial charge in [-0.2, -0.15) is 11.8 Å². The van der Waals surface area contributed by atoms with Crippen LogP contribution in [0.2, 0.25) is 0 Å². The Balaban J connectivity index is 2.46. The number of rotatable bonds is 7. The summed E-state index contributed by atoms with van der Waals surface area (Å²) in [5.41, 5.74) is 2.08. The summed E-state index contributed by atoms with van der Waals surface area (Å²) >= 11 is 1.62. The molecule has 1 rings (SSSR count). The van der Waals surface area contributed by atoms with Crippen LogP contribution in [0.4, 0.5) is 0 Å². The van der Waals surface area contributed by atoms with E-state index in [1.165, 1.54) is 5.56 Å². The molecule has 0 radical (unpaired) electrons. The van der Waals surface area contributed by atoms with Crippen LogP contribution in [0.1, 0.15) is 35.7 Å². The fourth-order valence-corrected chi connectivity index (χ4v) is 2.23. The Labute approximate surface area is 108 Å². The predicted octanol–water partition coefficient (Wildman–Crippen LogP) is 3.37. The van der Waals surface area contributed by atoms with Gasteiger partial charge in [0.15, 0.2) is 5.78 Å². The molecule has 3 heteroatoms. The Kier molecular flexibility index (Phi) is 6.30. The molecule has 0 amide bonds. The van der Waals surface area contributed by atoms with Crippen molar-refractivity contribution in [2.24, 2.45) is 0 Å². The van der Waals surface area contributed by atoms with Gasteiger partial charge in [-0.25, -0.2) is 0 Å². The summed E-state index contributed by atoms with van der Waals surface area (Å²) in [4.78, 5) is 11.8. The van der Waals surface area contributed by atoms with Gasteiger partial charge in [0, 0.05) is 18.4 Å². The molecule has 0 atom stereocenters. The highest BCUT2D eigenvalue weighted by Crippen LogP contribution is 2.15. The Morgan fingerprint density at radius 3 is 2.47 bits per heavy atom. The maximum Gasteiger partial charge on any atom is 0.172 e. The Morgan fingerprint density at radius 1 is 1.29 bits per heavy atom. The lowest BCUT2D eigenvalue weighted by Crippen LogP contribution is -2.04. The highest BCUT2D eigenvalue weighted by atomic mass is 32.2. The van der Waals surface area contributed by atoms with E-state index in [0.717, 1.165) is 11.3 Å². The van der Waals surface area contributed by atoms with Crippen LogP contribution in [-0.2, 0) is 4.74 Å². The lowest BCUT2D eigenvalue weighted by atomic mass is 10.0. The third-order valence-electron chi connectivity index (χ3n) is 2.56. The molecule has 0 aromatic heterocycles. The minimum atomic E-state index is 0.196. The third kappa shape index (κ3) is 4.92. The largest absolute Gasteiger partial charge is 0.384 e. The van der Waals surface area contributed by atoms with Crippen LogP contribution in [0.15, 0.2) is 24.3 Å². The van der Waals surface area contributed by atoms with E-state index in [9.17, 15) is 4.79 Å². The van der Waals surface area contributed by atoms with Crippen LogP contribution in [-0.4, -0.2) is 31.0 Å². The van der Waals surface area contributed by atoms with Crippen molar-refractivity contribution >= 4 is 17.5 Å². The van der Waals surface area contributed by atoms with Gasteiger partial charge in [-0.1, -0.05) is 38.1 Å². The number of Topliss-reactive ketones (excluding diaryl/α,β-unsaturated/α-hetero) is 1. The Morgan fingerprint density at radius 2 is 1.94 bits per heavy atom. The highest BCUT2D eigenvalue weighted by molar-refractivity contribution is 8.00. The SMILES string of the molecule is COCCSCC(=O)c1ccc(C(C)C)cc1. The first kappa shape index (κ1) is 14.3. The first-order valence-electron chi connectivity index (χ1n) is 5.85. The standard InChI is InChI=1S/C14H20O2S/c1-11(2)12-4-6-13(7-5-12)14(15)10-17-9-8-16-3/h4-7,11H,8-10H2,1-3H3. The monoisotopic (exact) mass is 252 g/mol. The number of hydrogen-bond acceptors (Lipinski definition) is 3. The Hall–Kier alpha value is -0.800. The molecule has 0 fully saturated rings. The second-order valence-electron chi connectivity index (χ2n) is 4.25.